The van der Waals surface area contributed by atoms with Gasteiger partial charge < -0.3 is 38.5 Å². The number of aromatic nitrogens is 1. The minimum atomic E-state index is -0.565. The van der Waals surface area contributed by atoms with Gasteiger partial charge in [-0.3, -0.25) is 4.98 Å². The van der Waals surface area contributed by atoms with Gasteiger partial charge in [0, 0.05) is 25.0 Å². The molecular formula is C31H36N2O9. The first kappa shape index (κ1) is 32.1. The number of nitrogens with one attached hydrogen (secondary N) is 1. The van der Waals surface area contributed by atoms with Crippen molar-refractivity contribution in [3.8, 4) is 17.2 Å². The van der Waals surface area contributed by atoms with Gasteiger partial charge in [-0.1, -0.05) is 24.3 Å². The summed E-state index contributed by atoms with van der Waals surface area (Å²) in [4.78, 5) is 27.6. The van der Waals surface area contributed by atoms with E-state index >= 15 is 0 Å². The summed E-state index contributed by atoms with van der Waals surface area (Å²) in [6.45, 7) is 2.54. The number of pyridine rings is 1. The number of carbonyl (C=O) groups excluding carboxylic acids is 2. The highest BCUT2D eigenvalue weighted by Gasteiger charge is 2.06. The molecule has 3 rings (SSSR count). The van der Waals surface area contributed by atoms with Gasteiger partial charge in [0.1, 0.15) is 23.9 Å². The van der Waals surface area contributed by atoms with E-state index in [0.717, 1.165) is 11.1 Å². The number of hydrogen-bond donors (Lipinski definition) is 1. The average Bonchev–Trinajstić information content (AvgIpc) is 3.03. The van der Waals surface area contributed by atoms with Crippen LogP contribution in [-0.4, -0.2) is 84.1 Å². The van der Waals surface area contributed by atoms with Gasteiger partial charge in [-0.15, -0.1) is 0 Å². The van der Waals surface area contributed by atoms with Gasteiger partial charge in [-0.25, -0.2) is 9.59 Å². The van der Waals surface area contributed by atoms with E-state index in [4.69, 9.17) is 33.2 Å². The van der Waals surface area contributed by atoms with Crippen LogP contribution in [0.5, 0.6) is 17.2 Å². The molecule has 0 fully saturated rings. The third-order valence-electron chi connectivity index (χ3n) is 5.55. The number of methoxy groups -OCH3 is 2. The highest BCUT2D eigenvalue weighted by Crippen LogP contribution is 2.24. The fourth-order valence-electron chi connectivity index (χ4n) is 3.44. The van der Waals surface area contributed by atoms with Crippen molar-refractivity contribution >= 4 is 24.2 Å². The molecule has 0 spiro atoms. The van der Waals surface area contributed by atoms with Crippen LogP contribution in [-0.2, 0) is 18.9 Å². The van der Waals surface area contributed by atoms with Gasteiger partial charge in [0.15, 0.2) is 0 Å². The van der Waals surface area contributed by atoms with Gasteiger partial charge in [0.05, 0.1) is 59.4 Å². The molecule has 0 aliphatic heterocycles. The van der Waals surface area contributed by atoms with Crippen LogP contribution in [0, 0.1) is 0 Å². The number of esters is 1. The van der Waals surface area contributed by atoms with Crippen molar-refractivity contribution in [2.75, 3.05) is 67.0 Å². The van der Waals surface area contributed by atoms with Gasteiger partial charge in [0.2, 0.25) is 0 Å². The van der Waals surface area contributed by atoms with Crippen molar-refractivity contribution in [3.63, 3.8) is 0 Å². The molecule has 224 valence electrons. The maximum atomic E-state index is 12.0. The summed E-state index contributed by atoms with van der Waals surface area (Å²) in [5.74, 6) is 1.41. The number of carbonyl (C=O) groups is 2. The first-order valence-electron chi connectivity index (χ1n) is 13.3. The first-order valence-corrected chi connectivity index (χ1v) is 13.3. The van der Waals surface area contributed by atoms with Gasteiger partial charge in [-0.2, -0.15) is 0 Å². The Balaban J connectivity index is 1.18. The molecule has 0 radical (unpaired) electrons. The molecule has 1 amide bonds. The standard InChI is InChI=1S/C31H36N2O9/c1-36-28-20-25(21-29(22-28)37-2)6-5-24-7-9-27(10-8-24)42-31(35)33-12-13-38-14-15-39-16-17-40-18-19-41-30(34)26-4-3-11-32-23-26/h3-11,20-23H,12-19H2,1-2H3,(H,33,35)/b6-5+. The van der Waals surface area contributed by atoms with E-state index in [9.17, 15) is 9.59 Å². The monoisotopic (exact) mass is 580 g/mol. The van der Waals surface area contributed by atoms with Crippen molar-refractivity contribution in [1.29, 1.82) is 0 Å². The maximum absolute atomic E-state index is 12.0. The second-order valence-corrected chi connectivity index (χ2v) is 8.58. The molecule has 1 aromatic heterocycles. The van der Waals surface area contributed by atoms with E-state index in [1.807, 2.05) is 42.5 Å². The summed E-state index contributed by atoms with van der Waals surface area (Å²) in [6.07, 6.45) is 6.36. The fraction of sp³-hybridized carbons (Fsp3) is 0.323. The third-order valence-corrected chi connectivity index (χ3v) is 5.55. The van der Waals surface area contributed by atoms with E-state index in [1.54, 1.807) is 44.7 Å². The van der Waals surface area contributed by atoms with Crippen molar-refractivity contribution < 1.29 is 42.7 Å². The molecule has 3 aromatic rings. The van der Waals surface area contributed by atoms with Crippen molar-refractivity contribution in [2.45, 2.75) is 0 Å². The predicted octanol–water partition coefficient (Wildman–Crippen LogP) is 4.26. The number of nitrogens with zero attached hydrogens (tertiary/aromatic N) is 1. The highest BCUT2D eigenvalue weighted by atomic mass is 16.6. The molecule has 0 bridgehead atoms. The quantitative estimate of drug-likeness (QED) is 0.133. The molecule has 0 unspecified atom stereocenters. The molecule has 0 aliphatic carbocycles. The Labute approximate surface area is 245 Å². The summed E-state index contributed by atoms with van der Waals surface area (Å²) in [7, 11) is 3.22. The minimum Gasteiger partial charge on any atom is -0.497 e. The smallest absolute Gasteiger partial charge is 0.412 e. The molecular weight excluding hydrogens is 544 g/mol. The van der Waals surface area contributed by atoms with E-state index in [1.165, 1.54) is 6.20 Å². The molecule has 0 saturated carbocycles. The lowest BCUT2D eigenvalue weighted by Gasteiger charge is -2.09. The van der Waals surface area contributed by atoms with Crippen molar-refractivity contribution in [1.82, 2.24) is 10.3 Å². The number of amides is 1. The summed E-state index contributed by atoms with van der Waals surface area (Å²) >= 11 is 0. The summed E-state index contributed by atoms with van der Waals surface area (Å²) in [5, 5.41) is 2.64. The Morgan fingerprint density at radius 3 is 1.98 bits per heavy atom. The van der Waals surface area contributed by atoms with Crippen LogP contribution in [0.15, 0.2) is 67.0 Å². The summed E-state index contributed by atoms with van der Waals surface area (Å²) < 4.78 is 37.2. The number of benzene rings is 2. The zero-order chi connectivity index (χ0) is 29.8. The Hall–Kier alpha value is -4.45. The van der Waals surface area contributed by atoms with Crippen LogP contribution in [0.3, 0.4) is 0 Å². The van der Waals surface area contributed by atoms with E-state index in [2.05, 4.69) is 10.3 Å². The Morgan fingerprint density at radius 1 is 0.738 bits per heavy atom. The lowest BCUT2D eigenvalue weighted by molar-refractivity contribution is 0.000952. The molecule has 11 nitrogen and oxygen atoms in total. The Bertz CT molecular complexity index is 1230. The number of hydrogen-bond acceptors (Lipinski definition) is 10. The van der Waals surface area contributed by atoms with Crippen LogP contribution in [0.25, 0.3) is 12.2 Å². The molecule has 1 heterocycles. The summed E-state index contributed by atoms with van der Waals surface area (Å²) in [6, 6.07) is 16.1. The van der Waals surface area contributed by atoms with Crippen molar-refractivity contribution in [2.24, 2.45) is 0 Å². The molecule has 2 aromatic carbocycles. The molecule has 0 saturated heterocycles. The molecule has 11 heteroatoms. The SMILES string of the molecule is COc1cc(/C=C/c2ccc(OC(=O)NCCOCCOCCOCCOC(=O)c3cccnc3)cc2)cc(OC)c1. The Kier molecular flexibility index (Phi) is 14.4. The van der Waals surface area contributed by atoms with Gasteiger partial charge in [0.25, 0.3) is 0 Å². The second kappa shape index (κ2) is 18.8. The molecule has 0 aliphatic rings. The lowest BCUT2D eigenvalue weighted by Crippen LogP contribution is -2.30. The molecule has 1 N–H and O–H groups in total. The van der Waals surface area contributed by atoms with Crippen LogP contribution in [0.1, 0.15) is 21.5 Å². The van der Waals surface area contributed by atoms with E-state index < -0.39 is 12.1 Å². The van der Waals surface area contributed by atoms with Crippen molar-refractivity contribution in [3.05, 3.63) is 83.7 Å². The Morgan fingerprint density at radius 2 is 1.36 bits per heavy atom. The second-order valence-electron chi connectivity index (χ2n) is 8.58. The zero-order valence-corrected chi connectivity index (χ0v) is 23.8. The molecule has 0 atom stereocenters. The largest absolute Gasteiger partial charge is 0.497 e. The summed E-state index contributed by atoms with van der Waals surface area (Å²) in [5.41, 5.74) is 2.27. The fourth-order valence-corrected chi connectivity index (χ4v) is 3.44. The average molecular weight is 581 g/mol. The van der Waals surface area contributed by atoms with Crippen LogP contribution in [0.4, 0.5) is 4.79 Å². The predicted molar refractivity (Wildman–Crippen MR) is 156 cm³/mol. The molecule has 42 heavy (non-hydrogen) atoms. The number of rotatable bonds is 18. The zero-order valence-electron chi connectivity index (χ0n) is 23.8. The van der Waals surface area contributed by atoms with Gasteiger partial charge in [-0.05, 0) is 47.5 Å². The lowest BCUT2D eigenvalue weighted by atomic mass is 10.1. The van der Waals surface area contributed by atoms with E-state index in [0.29, 0.717) is 62.4 Å². The number of ether oxygens (including phenoxy) is 7. The maximum Gasteiger partial charge on any atom is 0.412 e. The first-order chi connectivity index (χ1) is 20.6. The van der Waals surface area contributed by atoms with Crippen LogP contribution in [0.2, 0.25) is 0 Å². The normalized spacial score (nSPS) is 10.8. The third kappa shape index (κ3) is 12.4. The highest BCUT2D eigenvalue weighted by molar-refractivity contribution is 5.88. The van der Waals surface area contributed by atoms with Gasteiger partial charge >= 0.3 is 12.1 Å². The topological polar surface area (TPSA) is 124 Å². The minimum absolute atomic E-state index is 0.149. The van der Waals surface area contributed by atoms with E-state index in [-0.39, 0.29) is 13.2 Å². The van der Waals surface area contributed by atoms with Crippen LogP contribution >= 0.6 is 0 Å². The van der Waals surface area contributed by atoms with Crippen LogP contribution < -0.4 is 19.5 Å².